The summed E-state index contributed by atoms with van der Waals surface area (Å²) in [6, 6.07) is 5.54. The van der Waals surface area contributed by atoms with Crippen LogP contribution in [0.4, 0.5) is 4.39 Å². The first-order valence-electron chi connectivity index (χ1n) is 4.25. The molecule has 0 fully saturated rings. The standard InChI is InChI=1S/C10H11FN2O/c11-9-2-1-7(5-8(9)6-12)10(13)3-4-14/h1-2,5,10,14H,3-4,13H2. The molecule has 3 nitrogen and oxygen atoms in total. The van der Waals surface area contributed by atoms with E-state index >= 15 is 0 Å². The average molecular weight is 194 g/mol. The molecule has 0 aliphatic rings. The van der Waals surface area contributed by atoms with Crippen molar-refractivity contribution in [2.75, 3.05) is 6.61 Å². The maximum atomic E-state index is 12.9. The topological polar surface area (TPSA) is 70.0 Å². The molecule has 1 rings (SSSR count). The van der Waals surface area contributed by atoms with E-state index in [0.29, 0.717) is 12.0 Å². The molecule has 0 aliphatic heterocycles. The van der Waals surface area contributed by atoms with Crippen molar-refractivity contribution in [3.05, 3.63) is 35.1 Å². The highest BCUT2D eigenvalue weighted by Crippen LogP contribution is 2.17. The molecule has 1 unspecified atom stereocenters. The van der Waals surface area contributed by atoms with E-state index in [1.807, 2.05) is 0 Å². The predicted octanol–water partition coefficient (Wildman–Crippen LogP) is 1.08. The van der Waals surface area contributed by atoms with Crippen molar-refractivity contribution in [2.45, 2.75) is 12.5 Å². The Labute approximate surface area is 81.6 Å². The van der Waals surface area contributed by atoms with Gasteiger partial charge in [-0.15, -0.1) is 0 Å². The number of benzene rings is 1. The van der Waals surface area contributed by atoms with Crippen molar-refractivity contribution in [3.63, 3.8) is 0 Å². The Morgan fingerprint density at radius 3 is 2.86 bits per heavy atom. The second-order valence-corrected chi connectivity index (χ2v) is 2.97. The molecule has 0 bridgehead atoms. The van der Waals surface area contributed by atoms with E-state index < -0.39 is 5.82 Å². The van der Waals surface area contributed by atoms with Crippen molar-refractivity contribution >= 4 is 0 Å². The quantitative estimate of drug-likeness (QED) is 0.756. The lowest BCUT2D eigenvalue weighted by molar-refractivity contribution is 0.276. The van der Waals surface area contributed by atoms with Gasteiger partial charge in [-0.2, -0.15) is 5.26 Å². The fraction of sp³-hybridized carbons (Fsp3) is 0.300. The third kappa shape index (κ3) is 2.28. The van der Waals surface area contributed by atoms with Gasteiger partial charge in [-0.3, -0.25) is 0 Å². The van der Waals surface area contributed by atoms with Gasteiger partial charge in [-0.25, -0.2) is 4.39 Å². The summed E-state index contributed by atoms with van der Waals surface area (Å²) >= 11 is 0. The van der Waals surface area contributed by atoms with E-state index in [1.165, 1.54) is 18.2 Å². The molecule has 0 amide bonds. The first-order chi connectivity index (χ1) is 6.69. The Morgan fingerprint density at radius 1 is 1.57 bits per heavy atom. The Balaban J connectivity index is 2.95. The van der Waals surface area contributed by atoms with Crippen molar-refractivity contribution in [1.29, 1.82) is 5.26 Å². The minimum Gasteiger partial charge on any atom is -0.396 e. The van der Waals surface area contributed by atoms with Crippen LogP contribution < -0.4 is 5.73 Å². The van der Waals surface area contributed by atoms with Gasteiger partial charge in [0.1, 0.15) is 11.9 Å². The molecule has 0 heterocycles. The zero-order valence-electron chi connectivity index (χ0n) is 7.57. The number of aliphatic hydroxyl groups excluding tert-OH is 1. The number of rotatable bonds is 3. The molecule has 4 heteroatoms. The molecule has 0 aliphatic carbocycles. The van der Waals surface area contributed by atoms with Gasteiger partial charge in [-0.1, -0.05) is 6.07 Å². The number of nitrogens with zero attached hydrogens (tertiary/aromatic N) is 1. The number of aliphatic hydroxyl groups is 1. The van der Waals surface area contributed by atoms with Gasteiger partial charge >= 0.3 is 0 Å². The summed E-state index contributed by atoms with van der Waals surface area (Å²) in [6.07, 6.45) is 0.399. The summed E-state index contributed by atoms with van der Waals surface area (Å²) in [4.78, 5) is 0. The number of nitriles is 1. The third-order valence-corrected chi connectivity index (χ3v) is 1.98. The lowest BCUT2D eigenvalue weighted by Gasteiger charge is -2.10. The van der Waals surface area contributed by atoms with Crippen molar-refractivity contribution in [2.24, 2.45) is 5.73 Å². The molecule has 1 atom stereocenters. The summed E-state index contributed by atoms with van der Waals surface area (Å²) in [5.74, 6) is -0.549. The molecule has 1 aromatic carbocycles. The van der Waals surface area contributed by atoms with E-state index in [1.54, 1.807) is 6.07 Å². The first kappa shape index (κ1) is 10.6. The molecule has 74 valence electrons. The average Bonchev–Trinajstić information content (AvgIpc) is 2.19. The molecule has 0 spiro atoms. The predicted molar refractivity (Wildman–Crippen MR) is 49.7 cm³/mol. The SMILES string of the molecule is N#Cc1cc(C(N)CCO)ccc1F. The minimum absolute atomic E-state index is 0.0177. The number of hydrogen-bond acceptors (Lipinski definition) is 3. The van der Waals surface area contributed by atoms with Crippen LogP contribution >= 0.6 is 0 Å². The maximum absolute atomic E-state index is 12.9. The second-order valence-electron chi connectivity index (χ2n) is 2.97. The smallest absolute Gasteiger partial charge is 0.140 e. The zero-order chi connectivity index (χ0) is 10.6. The molecule has 0 saturated carbocycles. The van der Waals surface area contributed by atoms with Crippen LogP contribution in [0.15, 0.2) is 18.2 Å². The summed E-state index contributed by atoms with van der Waals surface area (Å²) in [5, 5.41) is 17.2. The number of halogens is 1. The Morgan fingerprint density at radius 2 is 2.29 bits per heavy atom. The second kappa shape index (κ2) is 4.70. The van der Waals surface area contributed by atoms with Crippen LogP contribution in [-0.2, 0) is 0 Å². The molecule has 0 radical (unpaired) electrons. The summed E-state index contributed by atoms with van der Waals surface area (Å²) in [7, 11) is 0. The van der Waals surface area contributed by atoms with E-state index in [4.69, 9.17) is 16.1 Å². The molecule has 0 aromatic heterocycles. The maximum Gasteiger partial charge on any atom is 0.140 e. The molecular formula is C10H11FN2O. The monoisotopic (exact) mass is 194 g/mol. The van der Waals surface area contributed by atoms with Crippen LogP contribution in [0.5, 0.6) is 0 Å². The fourth-order valence-electron chi connectivity index (χ4n) is 1.16. The highest BCUT2D eigenvalue weighted by molar-refractivity contribution is 5.35. The van der Waals surface area contributed by atoms with E-state index in [9.17, 15) is 4.39 Å². The number of nitrogens with two attached hydrogens (primary N) is 1. The molecule has 1 aromatic rings. The summed E-state index contributed by atoms with van der Waals surface area (Å²) in [5.41, 5.74) is 6.33. The van der Waals surface area contributed by atoms with Gasteiger partial charge in [-0.05, 0) is 24.1 Å². The van der Waals surface area contributed by atoms with Gasteiger partial charge in [0.15, 0.2) is 0 Å². The van der Waals surface area contributed by atoms with Crippen LogP contribution in [-0.4, -0.2) is 11.7 Å². The van der Waals surface area contributed by atoms with Gasteiger partial charge in [0.25, 0.3) is 0 Å². The number of hydrogen-bond donors (Lipinski definition) is 2. The van der Waals surface area contributed by atoms with E-state index in [2.05, 4.69) is 0 Å². The lowest BCUT2D eigenvalue weighted by atomic mass is 10.0. The van der Waals surface area contributed by atoms with Crippen molar-refractivity contribution in [1.82, 2.24) is 0 Å². The summed E-state index contributed by atoms with van der Waals surface area (Å²) < 4.78 is 12.9. The summed E-state index contributed by atoms with van der Waals surface area (Å²) in [6.45, 7) is -0.0274. The van der Waals surface area contributed by atoms with Crippen molar-refractivity contribution in [3.8, 4) is 6.07 Å². The van der Waals surface area contributed by atoms with Gasteiger partial charge < -0.3 is 10.8 Å². The van der Waals surface area contributed by atoms with Crippen LogP contribution in [0.3, 0.4) is 0 Å². The van der Waals surface area contributed by atoms with Gasteiger partial charge in [0, 0.05) is 12.6 Å². The van der Waals surface area contributed by atoms with Crippen LogP contribution in [0, 0.1) is 17.1 Å². The Kier molecular flexibility index (Phi) is 3.57. The zero-order valence-corrected chi connectivity index (χ0v) is 7.57. The van der Waals surface area contributed by atoms with E-state index in [-0.39, 0.29) is 18.2 Å². The molecular weight excluding hydrogens is 183 g/mol. The van der Waals surface area contributed by atoms with Gasteiger partial charge in [0.05, 0.1) is 5.56 Å². The van der Waals surface area contributed by atoms with Crippen LogP contribution in [0.2, 0.25) is 0 Å². The normalized spacial score (nSPS) is 12.1. The fourth-order valence-corrected chi connectivity index (χ4v) is 1.16. The van der Waals surface area contributed by atoms with Gasteiger partial charge in [0.2, 0.25) is 0 Å². The largest absolute Gasteiger partial charge is 0.396 e. The van der Waals surface area contributed by atoms with Crippen LogP contribution in [0.25, 0.3) is 0 Å². The van der Waals surface area contributed by atoms with E-state index in [0.717, 1.165) is 0 Å². The first-order valence-corrected chi connectivity index (χ1v) is 4.25. The molecule has 3 N–H and O–H groups in total. The minimum atomic E-state index is -0.549. The van der Waals surface area contributed by atoms with Crippen molar-refractivity contribution < 1.29 is 9.50 Å². The highest BCUT2D eigenvalue weighted by atomic mass is 19.1. The highest BCUT2D eigenvalue weighted by Gasteiger charge is 2.08. The Hall–Kier alpha value is -1.44. The molecule has 0 saturated heterocycles. The molecule has 14 heavy (non-hydrogen) atoms. The lowest BCUT2D eigenvalue weighted by Crippen LogP contribution is -2.12. The third-order valence-electron chi connectivity index (χ3n) is 1.98. The van der Waals surface area contributed by atoms with Crippen LogP contribution in [0.1, 0.15) is 23.6 Å². The Bertz CT molecular complexity index is 360.